The maximum atomic E-state index is 14.1. The summed E-state index contributed by atoms with van der Waals surface area (Å²) in [5.41, 5.74) is 0.952. The monoisotopic (exact) mass is 262 g/mol. The molecule has 1 saturated carbocycles. The van der Waals surface area contributed by atoms with Gasteiger partial charge in [0, 0.05) is 13.1 Å². The van der Waals surface area contributed by atoms with Crippen LogP contribution in [0.1, 0.15) is 30.1 Å². The van der Waals surface area contributed by atoms with Crippen molar-refractivity contribution in [2.45, 2.75) is 25.8 Å². The molecule has 0 aromatic heterocycles. The topological polar surface area (TPSA) is 49.4 Å². The number of benzene rings is 1. The zero-order valence-corrected chi connectivity index (χ0v) is 10.9. The number of fused-ring (bicyclic) bond motifs is 1. The molecule has 1 aromatic carbocycles. The van der Waals surface area contributed by atoms with Crippen LogP contribution in [0.3, 0.4) is 0 Å². The van der Waals surface area contributed by atoms with Crippen molar-refractivity contribution in [2.75, 3.05) is 17.3 Å². The van der Waals surface area contributed by atoms with Crippen molar-refractivity contribution < 1.29 is 14.0 Å². The SMILES string of the molecule is CC(C1CC1)N(C)c1cc2c(cc1F)C(=O)C(=O)N2. The zero-order valence-electron chi connectivity index (χ0n) is 10.9. The summed E-state index contributed by atoms with van der Waals surface area (Å²) in [7, 11) is 1.84. The van der Waals surface area contributed by atoms with Gasteiger partial charge >= 0.3 is 0 Å². The molecule has 0 spiro atoms. The van der Waals surface area contributed by atoms with Crippen molar-refractivity contribution >= 4 is 23.1 Å². The summed E-state index contributed by atoms with van der Waals surface area (Å²) in [4.78, 5) is 24.6. The van der Waals surface area contributed by atoms with E-state index in [1.807, 2.05) is 11.9 Å². The van der Waals surface area contributed by atoms with Gasteiger partial charge in [-0.15, -0.1) is 0 Å². The lowest BCUT2D eigenvalue weighted by Crippen LogP contribution is -2.31. The van der Waals surface area contributed by atoms with Gasteiger partial charge in [-0.25, -0.2) is 4.39 Å². The first-order chi connectivity index (χ1) is 8.99. The Morgan fingerprint density at radius 3 is 2.68 bits per heavy atom. The molecule has 0 radical (unpaired) electrons. The first kappa shape index (κ1) is 12.1. The third kappa shape index (κ3) is 1.89. The lowest BCUT2D eigenvalue weighted by molar-refractivity contribution is -0.112. The molecule has 0 bridgehead atoms. The highest BCUT2D eigenvalue weighted by Crippen LogP contribution is 2.38. The number of amides is 1. The first-order valence-corrected chi connectivity index (χ1v) is 6.41. The van der Waals surface area contributed by atoms with Crippen molar-refractivity contribution in [3.8, 4) is 0 Å². The van der Waals surface area contributed by atoms with Gasteiger partial charge in [0.1, 0.15) is 5.82 Å². The van der Waals surface area contributed by atoms with Gasteiger partial charge < -0.3 is 10.2 Å². The van der Waals surface area contributed by atoms with E-state index in [0.29, 0.717) is 17.3 Å². The van der Waals surface area contributed by atoms with Crippen LogP contribution < -0.4 is 10.2 Å². The third-order valence-electron chi connectivity index (χ3n) is 4.08. The van der Waals surface area contributed by atoms with Crippen molar-refractivity contribution in [3.05, 3.63) is 23.5 Å². The molecule has 1 amide bonds. The molecule has 1 fully saturated rings. The minimum absolute atomic E-state index is 0.124. The van der Waals surface area contributed by atoms with Gasteiger partial charge in [0.15, 0.2) is 0 Å². The fourth-order valence-corrected chi connectivity index (χ4v) is 2.54. The quantitative estimate of drug-likeness (QED) is 0.849. The van der Waals surface area contributed by atoms with Gasteiger partial charge in [0.05, 0.1) is 16.9 Å². The van der Waals surface area contributed by atoms with Crippen LogP contribution in [0.15, 0.2) is 12.1 Å². The van der Waals surface area contributed by atoms with E-state index < -0.39 is 17.5 Å². The van der Waals surface area contributed by atoms with Crippen LogP contribution in [0.25, 0.3) is 0 Å². The van der Waals surface area contributed by atoms with Gasteiger partial charge in [0.2, 0.25) is 0 Å². The second-order valence-electron chi connectivity index (χ2n) is 5.32. The maximum absolute atomic E-state index is 14.1. The van der Waals surface area contributed by atoms with E-state index >= 15 is 0 Å². The number of hydrogen-bond donors (Lipinski definition) is 1. The van der Waals surface area contributed by atoms with Gasteiger partial charge in [-0.05, 0) is 37.8 Å². The van der Waals surface area contributed by atoms with E-state index in [2.05, 4.69) is 12.2 Å². The predicted octanol–water partition coefficient (Wildman–Crippen LogP) is 2.20. The summed E-state index contributed by atoms with van der Waals surface area (Å²) in [6, 6.07) is 2.95. The molecule has 2 aliphatic rings. The van der Waals surface area contributed by atoms with Crippen molar-refractivity contribution in [2.24, 2.45) is 5.92 Å². The molecule has 1 heterocycles. The van der Waals surface area contributed by atoms with Crippen LogP contribution in [-0.2, 0) is 4.79 Å². The highest BCUT2D eigenvalue weighted by molar-refractivity contribution is 6.51. The van der Waals surface area contributed by atoms with Crippen LogP contribution in [0.5, 0.6) is 0 Å². The van der Waals surface area contributed by atoms with Crippen molar-refractivity contribution in [1.29, 1.82) is 0 Å². The number of ketones is 1. The Hall–Kier alpha value is -1.91. The minimum atomic E-state index is -0.690. The lowest BCUT2D eigenvalue weighted by Gasteiger charge is -2.27. The number of Topliss-reactive ketones (excluding diaryl/α,β-unsaturated/α-hetero) is 1. The summed E-state index contributed by atoms with van der Waals surface area (Å²) in [6.45, 7) is 2.06. The minimum Gasteiger partial charge on any atom is -0.369 e. The summed E-state index contributed by atoms with van der Waals surface area (Å²) < 4.78 is 14.1. The highest BCUT2D eigenvalue weighted by Gasteiger charge is 2.34. The third-order valence-corrected chi connectivity index (χ3v) is 4.08. The maximum Gasteiger partial charge on any atom is 0.296 e. The average molecular weight is 262 g/mol. The van der Waals surface area contributed by atoms with E-state index in [-0.39, 0.29) is 11.6 Å². The average Bonchev–Trinajstić information content (AvgIpc) is 3.18. The molecule has 1 aliphatic carbocycles. The Morgan fingerprint density at radius 2 is 2.05 bits per heavy atom. The van der Waals surface area contributed by atoms with Crippen LogP contribution in [0.2, 0.25) is 0 Å². The number of nitrogens with zero attached hydrogens (tertiary/aromatic N) is 1. The van der Waals surface area contributed by atoms with Crippen molar-refractivity contribution in [1.82, 2.24) is 0 Å². The second kappa shape index (κ2) is 4.05. The highest BCUT2D eigenvalue weighted by atomic mass is 19.1. The zero-order chi connectivity index (χ0) is 13.7. The fraction of sp³-hybridized carbons (Fsp3) is 0.429. The normalized spacial score (nSPS) is 19.1. The molecule has 19 heavy (non-hydrogen) atoms. The van der Waals surface area contributed by atoms with E-state index in [1.165, 1.54) is 12.8 Å². The predicted molar refractivity (Wildman–Crippen MR) is 69.9 cm³/mol. The smallest absolute Gasteiger partial charge is 0.296 e. The molecule has 1 aromatic rings. The van der Waals surface area contributed by atoms with Crippen LogP contribution in [0, 0.1) is 11.7 Å². The second-order valence-corrected chi connectivity index (χ2v) is 5.32. The molecule has 1 aliphatic heterocycles. The molecule has 4 nitrogen and oxygen atoms in total. The number of carbonyl (C=O) groups is 2. The largest absolute Gasteiger partial charge is 0.369 e. The molecule has 1 unspecified atom stereocenters. The van der Waals surface area contributed by atoms with Gasteiger partial charge in [-0.3, -0.25) is 9.59 Å². The number of nitrogens with one attached hydrogen (secondary N) is 1. The summed E-state index contributed by atoms with van der Waals surface area (Å²) >= 11 is 0. The van der Waals surface area contributed by atoms with Gasteiger partial charge in [-0.1, -0.05) is 0 Å². The number of hydrogen-bond acceptors (Lipinski definition) is 3. The summed E-state index contributed by atoms with van der Waals surface area (Å²) in [6.07, 6.45) is 2.35. The number of anilines is 2. The van der Waals surface area contributed by atoms with E-state index in [1.54, 1.807) is 6.07 Å². The molecular formula is C14H15FN2O2. The number of carbonyl (C=O) groups excluding carboxylic acids is 2. The van der Waals surface area contributed by atoms with E-state index in [0.717, 1.165) is 6.07 Å². The van der Waals surface area contributed by atoms with E-state index in [9.17, 15) is 14.0 Å². The van der Waals surface area contributed by atoms with Crippen LogP contribution in [0.4, 0.5) is 15.8 Å². The Bertz CT molecular complexity index is 581. The molecule has 3 rings (SSSR count). The summed E-state index contributed by atoms with van der Waals surface area (Å²) in [5, 5.41) is 2.47. The first-order valence-electron chi connectivity index (χ1n) is 6.41. The molecule has 1 N–H and O–H groups in total. The van der Waals surface area contributed by atoms with Gasteiger partial charge in [0.25, 0.3) is 11.7 Å². The van der Waals surface area contributed by atoms with Gasteiger partial charge in [-0.2, -0.15) is 0 Å². The fourth-order valence-electron chi connectivity index (χ4n) is 2.54. The Morgan fingerprint density at radius 1 is 1.37 bits per heavy atom. The Kier molecular flexibility index (Phi) is 2.59. The molecule has 0 saturated heterocycles. The number of rotatable bonds is 3. The van der Waals surface area contributed by atoms with Crippen molar-refractivity contribution in [3.63, 3.8) is 0 Å². The molecule has 5 heteroatoms. The Balaban J connectivity index is 1.97. The Labute approximate surface area is 110 Å². The summed E-state index contributed by atoms with van der Waals surface area (Å²) in [5.74, 6) is -1.21. The molecule has 1 atom stereocenters. The molecular weight excluding hydrogens is 247 g/mol. The standard InChI is InChI=1S/C14H15FN2O2/c1-7(8-3-4-8)17(2)12-6-11-9(5-10(12)15)13(18)14(19)16-11/h5-8H,3-4H2,1-2H3,(H,16,18,19). The van der Waals surface area contributed by atoms with Crippen LogP contribution in [-0.4, -0.2) is 24.8 Å². The molecule has 100 valence electrons. The lowest BCUT2D eigenvalue weighted by atomic mass is 10.1. The van der Waals surface area contributed by atoms with Crippen LogP contribution >= 0.6 is 0 Å². The van der Waals surface area contributed by atoms with E-state index in [4.69, 9.17) is 0 Å². The number of halogens is 1.